The lowest BCUT2D eigenvalue weighted by Crippen LogP contribution is -2.23. The van der Waals surface area contributed by atoms with E-state index in [0.717, 1.165) is 74.8 Å². The van der Waals surface area contributed by atoms with Gasteiger partial charge in [-0.15, -0.1) is 0 Å². The van der Waals surface area contributed by atoms with Crippen molar-refractivity contribution in [1.82, 2.24) is 15.3 Å². The third-order valence-electron chi connectivity index (χ3n) is 5.86. The van der Waals surface area contributed by atoms with E-state index in [-0.39, 0.29) is 11.8 Å². The van der Waals surface area contributed by atoms with Crippen LogP contribution in [0.5, 0.6) is 0 Å². The van der Waals surface area contributed by atoms with Crippen molar-refractivity contribution in [2.24, 2.45) is 10.4 Å². The number of amidine groups is 1. The molecule has 0 spiro atoms. The van der Waals surface area contributed by atoms with Crippen LogP contribution >= 0.6 is 0 Å². The number of carbonyl (C=O) groups is 1. The van der Waals surface area contributed by atoms with E-state index in [2.05, 4.69) is 42.5 Å². The molecule has 0 amide bonds. The molecule has 7 nitrogen and oxygen atoms in total. The average Bonchev–Trinajstić information content (AvgIpc) is 3.32. The molecule has 0 radical (unpaired) electrons. The van der Waals surface area contributed by atoms with Crippen molar-refractivity contribution in [1.29, 1.82) is 0 Å². The van der Waals surface area contributed by atoms with Crippen molar-refractivity contribution in [3.63, 3.8) is 0 Å². The van der Waals surface area contributed by atoms with Gasteiger partial charge >= 0.3 is 5.97 Å². The van der Waals surface area contributed by atoms with Gasteiger partial charge in [0.2, 0.25) is 0 Å². The maximum absolute atomic E-state index is 10.9. The first-order chi connectivity index (χ1) is 13.4. The summed E-state index contributed by atoms with van der Waals surface area (Å²) in [6.45, 7) is 8.22. The molecule has 0 aromatic carbocycles. The number of rotatable bonds is 9. The maximum atomic E-state index is 10.9. The van der Waals surface area contributed by atoms with Crippen molar-refractivity contribution < 1.29 is 9.90 Å². The van der Waals surface area contributed by atoms with Crippen molar-refractivity contribution in [3.05, 3.63) is 17.6 Å². The Morgan fingerprint density at radius 3 is 2.86 bits per heavy atom. The van der Waals surface area contributed by atoms with E-state index in [1.807, 2.05) is 0 Å². The minimum absolute atomic E-state index is 0.0615. The number of carboxylic acid groups (broad SMARTS) is 1. The minimum Gasteiger partial charge on any atom is -0.481 e. The number of hydrogen-bond donors (Lipinski definition) is 4. The van der Waals surface area contributed by atoms with Gasteiger partial charge in [0.05, 0.1) is 6.04 Å². The van der Waals surface area contributed by atoms with Crippen molar-refractivity contribution in [2.45, 2.75) is 71.8 Å². The molecular formula is C21H33N5O2. The zero-order valence-corrected chi connectivity index (χ0v) is 17.3. The van der Waals surface area contributed by atoms with Gasteiger partial charge < -0.3 is 20.7 Å². The van der Waals surface area contributed by atoms with Crippen molar-refractivity contribution in [3.8, 4) is 0 Å². The summed E-state index contributed by atoms with van der Waals surface area (Å²) in [4.78, 5) is 24.0. The number of aromatic nitrogens is 2. The summed E-state index contributed by atoms with van der Waals surface area (Å²) in [6.07, 6.45) is 8.03. The van der Waals surface area contributed by atoms with E-state index in [1.54, 1.807) is 0 Å². The quantitative estimate of drug-likeness (QED) is 0.516. The topological polar surface area (TPSA) is 102 Å². The van der Waals surface area contributed by atoms with Gasteiger partial charge in [-0.25, -0.2) is 4.98 Å². The Morgan fingerprint density at radius 1 is 1.43 bits per heavy atom. The van der Waals surface area contributed by atoms with E-state index in [0.29, 0.717) is 6.04 Å². The lowest BCUT2D eigenvalue weighted by Gasteiger charge is -2.32. The van der Waals surface area contributed by atoms with Gasteiger partial charge in [-0.3, -0.25) is 9.79 Å². The van der Waals surface area contributed by atoms with Gasteiger partial charge in [-0.2, -0.15) is 0 Å². The van der Waals surface area contributed by atoms with Gasteiger partial charge in [-0.05, 0) is 49.5 Å². The maximum Gasteiger partial charge on any atom is 0.303 e. The number of aliphatic carboxylic acids is 1. The van der Waals surface area contributed by atoms with E-state index in [4.69, 9.17) is 15.1 Å². The second-order valence-corrected chi connectivity index (χ2v) is 8.29. The summed E-state index contributed by atoms with van der Waals surface area (Å²) < 4.78 is 0. The van der Waals surface area contributed by atoms with E-state index < -0.39 is 5.97 Å². The predicted octanol–water partition coefficient (Wildman–Crippen LogP) is 3.80. The molecule has 7 heteroatoms. The third-order valence-corrected chi connectivity index (χ3v) is 5.86. The second kappa shape index (κ2) is 8.80. The summed E-state index contributed by atoms with van der Waals surface area (Å²) >= 11 is 0. The molecule has 1 aromatic rings. The normalized spacial score (nSPS) is 24.5. The lowest BCUT2D eigenvalue weighted by atomic mass is 9.73. The highest BCUT2D eigenvalue weighted by atomic mass is 16.4. The Morgan fingerprint density at radius 2 is 2.25 bits per heavy atom. The molecule has 0 saturated carbocycles. The molecule has 0 bridgehead atoms. The van der Waals surface area contributed by atoms with Crippen molar-refractivity contribution in [2.75, 3.05) is 18.4 Å². The first kappa shape index (κ1) is 20.4. The molecule has 1 aromatic heterocycles. The number of carboxylic acids is 1. The fourth-order valence-electron chi connectivity index (χ4n) is 3.81. The number of allylic oxidation sites excluding steroid dienone is 2. The number of nitrogens with zero attached hydrogens (tertiary/aromatic N) is 2. The zero-order chi connectivity index (χ0) is 20.1. The van der Waals surface area contributed by atoms with Crippen LogP contribution in [0, 0.1) is 5.41 Å². The average molecular weight is 388 g/mol. The zero-order valence-electron chi connectivity index (χ0n) is 17.3. The monoisotopic (exact) mass is 387 g/mol. The summed E-state index contributed by atoms with van der Waals surface area (Å²) in [6, 6.07) is 0.324. The van der Waals surface area contributed by atoms with Gasteiger partial charge in [0.1, 0.15) is 17.4 Å². The molecular weight excluding hydrogens is 354 g/mol. The Labute approximate surface area is 167 Å². The Bertz CT molecular complexity index is 767. The van der Waals surface area contributed by atoms with Gasteiger partial charge in [-0.1, -0.05) is 26.8 Å². The van der Waals surface area contributed by atoms with Crippen molar-refractivity contribution >= 4 is 23.2 Å². The van der Waals surface area contributed by atoms with Gasteiger partial charge in [0.25, 0.3) is 0 Å². The minimum atomic E-state index is -0.714. The molecule has 0 saturated heterocycles. The third kappa shape index (κ3) is 4.75. The predicted molar refractivity (Wildman–Crippen MR) is 113 cm³/mol. The number of H-pyrrole nitrogens is 1. The number of aliphatic imine (C=N–C) groups is 1. The fraction of sp³-hybridized carbons (Fsp3) is 0.667. The van der Waals surface area contributed by atoms with Crippen LogP contribution in [0.25, 0.3) is 5.57 Å². The lowest BCUT2D eigenvalue weighted by molar-refractivity contribution is -0.137. The van der Waals surface area contributed by atoms with Crippen LogP contribution in [-0.4, -0.2) is 46.0 Å². The number of imidazole rings is 1. The van der Waals surface area contributed by atoms with Crippen LogP contribution in [0.4, 0.5) is 5.82 Å². The Balaban J connectivity index is 1.79. The summed E-state index contributed by atoms with van der Waals surface area (Å²) in [5.41, 5.74) is 2.22. The van der Waals surface area contributed by atoms with Crippen LogP contribution in [-0.2, 0) is 4.79 Å². The highest BCUT2D eigenvalue weighted by Gasteiger charge is 2.29. The molecule has 2 heterocycles. The Kier molecular flexibility index (Phi) is 6.42. The molecule has 2 aliphatic rings. The highest BCUT2D eigenvalue weighted by Crippen LogP contribution is 2.41. The number of nitrogens with one attached hydrogen (secondary N) is 3. The number of hydrogen-bond acceptors (Lipinski definition) is 5. The number of aromatic amines is 1. The van der Waals surface area contributed by atoms with Gasteiger partial charge in [0, 0.05) is 19.5 Å². The number of anilines is 1. The molecule has 28 heavy (non-hydrogen) atoms. The molecule has 1 unspecified atom stereocenters. The van der Waals surface area contributed by atoms with Crippen LogP contribution in [0.15, 0.2) is 11.1 Å². The standard InChI is InChI=1S/C21H33N5O2/c1-4-12-22-19-17(20-23-13-15(5-2)24-20)25-18(26-19)14-6-9-21(3,10-7-14)11-8-16(27)28/h6,15,22H,4-5,7-13H2,1-3H3,(H,23,24)(H,25,26)(H,27,28)/t15-,21?/m1/s1. The molecule has 0 fully saturated rings. The Hall–Kier alpha value is -2.31. The first-order valence-corrected chi connectivity index (χ1v) is 10.5. The molecule has 2 atom stereocenters. The van der Waals surface area contributed by atoms with Crippen LogP contribution in [0.2, 0.25) is 0 Å². The van der Waals surface area contributed by atoms with Crippen LogP contribution < -0.4 is 10.6 Å². The largest absolute Gasteiger partial charge is 0.481 e. The fourth-order valence-corrected chi connectivity index (χ4v) is 3.81. The van der Waals surface area contributed by atoms with Crippen LogP contribution in [0.1, 0.15) is 77.2 Å². The smallest absolute Gasteiger partial charge is 0.303 e. The summed E-state index contributed by atoms with van der Waals surface area (Å²) in [5, 5.41) is 15.8. The molecule has 4 N–H and O–H groups in total. The SMILES string of the molecule is CCCNc1nc(C2=CCC(C)(CCC(=O)O)CC2)[nH]c1C1=N[C@H](CC)CN1. The summed E-state index contributed by atoms with van der Waals surface area (Å²) in [5.74, 6) is 1.94. The second-order valence-electron chi connectivity index (χ2n) is 8.29. The van der Waals surface area contributed by atoms with Crippen LogP contribution in [0.3, 0.4) is 0 Å². The highest BCUT2D eigenvalue weighted by molar-refractivity contribution is 6.02. The van der Waals surface area contributed by atoms with E-state index in [1.165, 1.54) is 5.57 Å². The van der Waals surface area contributed by atoms with E-state index in [9.17, 15) is 4.79 Å². The molecule has 3 rings (SSSR count). The van der Waals surface area contributed by atoms with Gasteiger partial charge in [0.15, 0.2) is 5.82 Å². The first-order valence-electron chi connectivity index (χ1n) is 10.5. The molecule has 1 aliphatic carbocycles. The molecule has 1 aliphatic heterocycles. The van der Waals surface area contributed by atoms with E-state index >= 15 is 0 Å². The molecule has 154 valence electrons. The summed E-state index contributed by atoms with van der Waals surface area (Å²) in [7, 11) is 0.